The molecule has 0 saturated heterocycles. The number of nitrogens with one attached hydrogen (secondary N) is 1. The average Bonchev–Trinajstić information content (AvgIpc) is 3.17. The van der Waals surface area contributed by atoms with Crippen LogP contribution in [0.4, 0.5) is 11.4 Å². The molecule has 7 nitrogen and oxygen atoms in total. The van der Waals surface area contributed by atoms with Crippen molar-refractivity contribution in [3.63, 3.8) is 0 Å². The number of nitrogens with zero attached hydrogens (tertiary/aromatic N) is 2. The van der Waals surface area contributed by atoms with Gasteiger partial charge in [0, 0.05) is 28.2 Å². The van der Waals surface area contributed by atoms with Gasteiger partial charge in [0.15, 0.2) is 0 Å². The molecule has 3 aromatic rings. The minimum Gasteiger partial charge on any atom is -0.457 e. The van der Waals surface area contributed by atoms with Gasteiger partial charge in [0.05, 0.1) is 20.7 Å². The van der Waals surface area contributed by atoms with Crippen molar-refractivity contribution in [1.82, 2.24) is 0 Å². The van der Waals surface area contributed by atoms with Crippen molar-refractivity contribution >= 4 is 62.5 Å². The molecule has 0 aliphatic rings. The number of halogens is 3. The molecular weight excluding hydrogens is 497 g/mol. The highest BCUT2D eigenvalue weighted by atomic mass is 79.9. The monoisotopic (exact) mass is 505 g/mol. The van der Waals surface area contributed by atoms with Gasteiger partial charge in [0.2, 0.25) is 0 Å². The fourth-order valence-electron chi connectivity index (χ4n) is 2.47. The number of nitro groups is 1. The van der Waals surface area contributed by atoms with E-state index in [9.17, 15) is 20.2 Å². The molecule has 150 valence electrons. The Kier molecular flexibility index (Phi) is 6.57. The van der Waals surface area contributed by atoms with Crippen molar-refractivity contribution < 1.29 is 14.1 Å². The normalized spacial score (nSPS) is 11.1. The van der Waals surface area contributed by atoms with Gasteiger partial charge in [-0.3, -0.25) is 14.9 Å². The van der Waals surface area contributed by atoms with Crippen LogP contribution in [0.2, 0.25) is 10.0 Å². The van der Waals surface area contributed by atoms with Gasteiger partial charge in [-0.15, -0.1) is 0 Å². The summed E-state index contributed by atoms with van der Waals surface area (Å²) < 4.78 is 5.97. The molecule has 0 saturated carbocycles. The minimum atomic E-state index is -0.703. The smallest absolute Gasteiger partial charge is 0.270 e. The van der Waals surface area contributed by atoms with Crippen LogP contribution in [0.15, 0.2) is 63.0 Å². The molecule has 30 heavy (non-hydrogen) atoms. The van der Waals surface area contributed by atoms with Crippen LogP contribution in [0.3, 0.4) is 0 Å². The zero-order chi connectivity index (χ0) is 21.8. The highest BCUT2D eigenvalue weighted by molar-refractivity contribution is 9.10. The number of hydrogen-bond acceptors (Lipinski definition) is 5. The fraction of sp³-hybridized carbons (Fsp3) is 0. The summed E-state index contributed by atoms with van der Waals surface area (Å²) in [7, 11) is 0. The van der Waals surface area contributed by atoms with Crippen molar-refractivity contribution in [2.24, 2.45) is 0 Å². The summed E-state index contributed by atoms with van der Waals surface area (Å²) in [6, 6.07) is 14.0. The van der Waals surface area contributed by atoms with Crippen LogP contribution in [0.1, 0.15) is 5.76 Å². The second kappa shape index (κ2) is 9.13. The number of nitro benzene ring substituents is 1. The third-order valence-electron chi connectivity index (χ3n) is 3.91. The number of rotatable bonds is 5. The first-order valence-electron chi connectivity index (χ1n) is 8.21. The Bertz CT molecular complexity index is 1230. The lowest BCUT2D eigenvalue weighted by Crippen LogP contribution is -2.13. The first-order valence-corrected chi connectivity index (χ1v) is 9.76. The van der Waals surface area contributed by atoms with E-state index in [1.54, 1.807) is 30.3 Å². The third-order valence-corrected chi connectivity index (χ3v) is 5.38. The Morgan fingerprint density at radius 1 is 1.23 bits per heavy atom. The zero-order valence-electron chi connectivity index (χ0n) is 14.9. The first-order chi connectivity index (χ1) is 14.3. The predicted molar refractivity (Wildman–Crippen MR) is 117 cm³/mol. The van der Waals surface area contributed by atoms with Crippen LogP contribution in [0, 0.1) is 21.4 Å². The maximum absolute atomic E-state index is 12.5. The second-order valence-corrected chi connectivity index (χ2v) is 7.49. The van der Waals surface area contributed by atoms with E-state index in [1.165, 1.54) is 24.3 Å². The summed E-state index contributed by atoms with van der Waals surface area (Å²) in [6.07, 6.45) is 1.27. The molecule has 1 aromatic heterocycles. The maximum Gasteiger partial charge on any atom is 0.270 e. The van der Waals surface area contributed by atoms with Crippen LogP contribution in [0.5, 0.6) is 0 Å². The summed E-state index contributed by atoms with van der Waals surface area (Å²) in [4.78, 5) is 22.7. The molecule has 0 aliphatic heterocycles. The molecule has 0 spiro atoms. The van der Waals surface area contributed by atoms with Crippen LogP contribution < -0.4 is 5.32 Å². The van der Waals surface area contributed by atoms with Gasteiger partial charge in [0.1, 0.15) is 23.2 Å². The second-order valence-electron chi connectivity index (χ2n) is 5.85. The van der Waals surface area contributed by atoms with E-state index in [0.29, 0.717) is 25.8 Å². The molecule has 0 atom stereocenters. The molecule has 0 radical (unpaired) electrons. The highest BCUT2D eigenvalue weighted by Crippen LogP contribution is 2.34. The van der Waals surface area contributed by atoms with Gasteiger partial charge in [-0.25, -0.2) is 0 Å². The molecule has 1 N–H and O–H groups in total. The maximum atomic E-state index is 12.5. The van der Waals surface area contributed by atoms with Crippen molar-refractivity contribution in [3.8, 4) is 17.4 Å². The molecule has 1 heterocycles. The Balaban J connectivity index is 1.83. The number of carbonyl (C=O) groups excluding carboxylic acids is 1. The highest BCUT2D eigenvalue weighted by Gasteiger charge is 2.16. The van der Waals surface area contributed by atoms with E-state index >= 15 is 0 Å². The number of furan rings is 1. The average molecular weight is 507 g/mol. The van der Waals surface area contributed by atoms with Crippen molar-refractivity contribution in [2.75, 3.05) is 5.32 Å². The topological polar surface area (TPSA) is 109 Å². The van der Waals surface area contributed by atoms with Crippen molar-refractivity contribution in [3.05, 3.63) is 84.5 Å². The Morgan fingerprint density at radius 2 is 2.00 bits per heavy atom. The Labute approximate surface area is 188 Å². The predicted octanol–water partition coefficient (Wildman–Crippen LogP) is 6.47. The lowest BCUT2D eigenvalue weighted by molar-refractivity contribution is -0.384. The number of non-ortho nitro benzene ring substituents is 1. The standard InChI is InChI=1S/C20H10BrCl2N3O4/c21-15-9-12(26(28)29)4-6-17(15)25-20(27)11(10-24)8-13-5-7-18(30-13)14-2-1-3-16(22)19(14)23/h1-9H,(H,25,27)/b11-8+. The molecule has 3 rings (SSSR count). The Morgan fingerprint density at radius 3 is 2.67 bits per heavy atom. The minimum absolute atomic E-state index is 0.140. The zero-order valence-corrected chi connectivity index (χ0v) is 18.0. The number of anilines is 1. The summed E-state index contributed by atoms with van der Waals surface area (Å²) >= 11 is 15.4. The lowest BCUT2D eigenvalue weighted by Gasteiger charge is -2.06. The molecule has 2 aromatic carbocycles. The van der Waals surface area contributed by atoms with Gasteiger partial charge in [-0.2, -0.15) is 5.26 Å². The van der Waals surface area contributed by atoms with Crippen molar-refractivity contribution in [1.29, 1.82) is 5.26 Å². The largest absolute Gasteiger partial charge is 0.457 e. The molecule has 0 bridgehead atoms. The van der Waals surface area contributed by atoms with Crippen LogP contribution in [-0.2, 0) is 4.79 Å². The van der Waals surface area contributed by atoms with Gasteiger partial charge in [0.25, 0.3) is 11.6 Å². The number of carbonyl (C=O) groups is 1. The summed E-state index contributed by atoms with van der Waals surface area (Å²) in [5, 5.41) is 23.4. The van der Waals surface area contributed by atoms with Crippen LogP contribution in [-0.4, -0.2) is 10.8 Å². The van der Waals surface area contributed by atoms with E-state index < -0.39 is 10.8 Å². The first kappa shape index (κ1) is 21.6. The van der Waals surface area contributed by atoms with Gasteiger partial charge in [-0.1, -0.05) is 29.3 Å². The summed E-state index contributed by atoms with van der Waals surface area (Å²) in [5.74, 6) is -0.0224. The third kappa shape index (κ3) is 4.71. The van der Waals surface area contributed by atoms with E-state index in [0.717, 1.165) is 0 Å². The number of hydrogen-bond donors (Lipinski definition) is 1. The molecule has 0 fully saturated rings. The van der Waals surface area contributed by atoms with Crippen LogP contribution in [0.25, 0.3) is 17.4 Å². The Hall–Kier alpha value is -3.12. The molecule has 0 unspecified atom stereocenters. The van der Waals surface area contributed by atoms with E-state index in [4.69, 9.17) is 27.6 Å². The van der Waals surface area contributed by atoms with Gasteiger partial charge in [-0.05, 0) is 46.3 Å². The molecule has 10 heteroatoms. The van der Waals surface area contributed by atoms with Gasteiger partial charge >= 0.3 is 0 Å². The lowest BCUT2D eigenvalue weighted by atomic mass is 10.2. The number of nitriles is 1. The summed E-state index contributed by atoms with van der Waals surface area (Å²) in [5.41, 5.74) is 0.483. The molecule has 0 aliphatic carbocycles. The summed E-state index contributed by atoms with van der Waals surface area (Å²) in [6.45, 7) is 0. The van der Waals surface area contributed by atoms with Crippen LogP contribution >= 0.6 is 39.1 Å². The number of benzene rings is 2. The molecular formula is C20H10BrCl2N3O4. The van der Waals surface area contributed by atoms with E-state index in [2.05, 4.69) is 21.2 Å². The molecule has 1 amide bonds. The van der Waals surface area contributed by atoms with E-state index in [-0.39, 0.29) is 22.7 Å². The quantitative estimate of drug-likeness (QED) is 0.184. The fourth-order valence-corrected chi connectivity index (χ4v) is 3.33. The SMILES string of the molecule is N#C/C(=C\c1ccc(-c2cccc(Cl)c2Cl)o1)C(=O)Nc1ccc([N+](=O)[O-])cc1Br. The number of amides is 1. The van der Waals surface area contributed by atoms with E-state index in [1.807, 2.05) is 6.07 Å². The van der Waals surface area contributed by atoms with Crippen molar-refractivity contribution in [2.45, 2.75) is 0 Å². The van der Waals surface area contributed by atoms with Gasteiger partial charge < -0.3 is 9.73 Å².